The Morgan fingerprint density at radius 3 is 3.07 bits per heavy atom. The fraction of sp³-hybridized carbons (Fsp3) is 0.545. The van der Waals surface area contributed by atoms with Crippen LogP contribution < -0.4 is 5.32 Å². The van der Waals surface area contributed by atoms with Gasteiger partial charge in [-0.05, 0) is 12.8 Å². The third kappa shape index (κ3) is 1.67. The van der Waals surface area contributed by atoms with Gasteiger partial charge in [-0.2, -0.15) is 0 Å². The molecule has 3 nitrogen and oxygen atoms in total. The number of nitrogens with one attached hydrogen (secondary N) is 1. The Labute approximate surface area is 83.8 Å². The highest BCUT2D eigenvalue weighted by Gasteiger charge is 2.37. The third-order valence-electron chi connectivity index (χ3n) is 2.82. The minimum atomic E-state index is -0.273. The number of alkyl carbamates (subject to hydrolysis) is 1. The largest absolute Gasteiger partial charge is 0.443 e. The summed E-state index contributed by atoms with van der Waals surface area (Å²) in [5, 5.41) is 2.83. The second-order valence-corrected chi connectivity index (χ2v) is 3.74. The summed E-state index contributed by atoms with van der Waals surface area (Å²) in [4.78, 5) is 11.1. The summed E-state index contributed by atoms with van der Waals surface area (Å²) in [6.07, 6.45) is 9.90. The molecular formula is C11H15NO2. The van der Waals surface area contributed by atoms with Crippen molar-refractivity contribution in [3.63, 3.8) is 0 Å². The van der Waals surface area contributed by atoms with E-state index in [1.165, 1.54) is 0 Å². The van der Waals surface area contributed by atoms with Crippen LogP contribution in [0.15, 0.2) is 24.3 Å². The van der Waals surface area contributed by atoms with Crippen molar-refractivity contribution in [3.05, 3.63) is 24.3 Å². The summed E-state index contributed by atoms with van der Waals surface area (Å²) in [5.41, 5.74) is 0. The van der Waals surface area contributed by atoms with Gasteiger partial charge in [-0.25, -0.2) is 4.79 Å². The van der Waals surface area contributed by atoms with Crippen molar-refractivity contribution in [1.29, 1.82) is 0 Å². The van der Waals surface area contributed by atoms with E-state index in [9.17, 15) is 4.79 Å². The normalized spacial score (nSPS) is 35.5. The second-order valence-electron chi connectivity index (χ2n) is 3.74. The predicted molar refractivity (Wildman–Crippen MR) is 53.9 cm³/mol. The van der Waals surface area contributed by atoms with Gasteiger partial charge in [0, 0.05) is 5.92 Å². The Morgan fingerprint density at radius 1 is 1.57 bits per heavy atom. The van der Waals surface area contributed by atoms with Gasteiger partial charge in [-0.15, -0.1) is 0 Å². The van der Waals surface area contributed by atoms with Gasteiger partial charge in [0.2, 0.25) is 0 Å². The number of ether oxygens (including phenoxy) is 1. The van der Waals surface area contributed by atoms with Gasteiger partial charge in [0.1, 0.15) is 6.10 Å². The van der Waals surface area contributed by atoms with Crippen molar-refractivity contribution in [1.82, 2.24) is 5.32 Å². The zero-order valence-corrected chi connectivity index (χ0v) is 8.27. The number of cyclic esters (lactones) is 1. The van der Waals surface area contributed by atoms with Gasteiger partial charge < -0.3 is 10.1 Å². The zero-order valence-electron chi connectivity index (χ0n) is 8.27. The molecule has 0 aromatic carbocycles. The maximum absolute atomic E-state index is 11.1. The molecule has 0 radical (unpaired) electrons. The molecule has 3 atom stereocenters. The van der Waals surface area contributed by atoms with Crippen molar-refractivity contribution in [2.24, 2.45) is 5.92 Å². The molecule has 76 valence electrons. The predicted octanol–water partition coefficient (Wildman–Crippen LogP) is 2.01. The van der Waals surface area contributed by atoms with E-state index in [1.54, 1.807) is 0 Å². The van der Waals surface area contributed by atoms with E-state index < -0.39 is 0 Å². The van der Waals surface area contributed by atoms with E-state index in [-0.39, 0.29) is 18.2 Å². The molecule has 0 saturated carbocycles. The number of carbonyl (C=O) groups excluding carboxylic acids is 1. The second kappa shape index (κ2) is 3.86. The fourth-order valence-corrected chi connectivity index (χ4v) is 2.04. The Bertz CT molecular complexity index is 283. The first-order valence-electron chi connectivity index (χ1n) is 5.11. The van der Waals surface area contributed by atoms with Gasteiger partial charge >= 0.3 is 6.09 Å². The zero-order chi connectivity index (χ0) is 9.97. The molecule has 0 aromatic rings. The lowest BCUT2D eigenvalue weighted by Crippen LogP contribution is -2.35. The molecule has 0 aromatic heterocycles. The van der Waals surface area contributed by atoms with Crippen LogP contribution in [0.1, 0.15) is 19.8 Å². The molecule has 0 spiro atoms. The molecule has 1 heterocycles. The Kier molecular flexibility index (Phi) is 2.57. The van der Waals surface area contributed by atoms with Crippen LogP contribution in [0.3, 0.4) is 0 Å². The molecular weight excluding hydrogens is 178 g/mol. The lowest BCUT2D eigenvalue weighted by Gasteiger charge is -2.23. The highest BCUT2D eigenvalue weighted by Crippen LogP contribution is 2.25. The molecule has 1 saturated heterocycles. The molecule has 2 aliphatic rings. The molecule has 1 fully saturated rings. The van der Waals surface area contributed by atoms with Crippen LogP contribution in [0.25, 0.3) is 0 Å². The van der Waals surface area contributed by atoms with Crippen molar-refractivity contribution < 1.29 is 9.53 Å². The van der Waals surface area contributed by atoms with Crippen LogP contribution in [0.2, 0.25) is 0 Å². The minimum absolute atomic E-state index is 0.00806. The summed E-state index contributed by atoms with van der Waals surface area (Å²) in [5.74, 6) is 0.337. The molecule has 1 N–H and O–H groups in total. The lowest BCUT2D eigenvalue weighted by molar-refractivity contribution is 0.105. The first-order valence-corrected chi connectivity index (χ1v) is 5.11. The van der Waals surface area contributed by atoms with Crippen LogP contribution in [0.5, 0.6) is 0 Å². The average molecular weight is 193 g/mol. The van der Waals surface area contributed by atoms with Crippen LogP contribution in [-0.4, -0.2) is 18.2 Å². The van der Waals surface area contributed by atoms with Crippen LogP contribution in [-0.2, 0) is 4.74 Å². The molecule has 3 unspecified atom stereocenters. The maximum Gasteiger partial charge on any atom is 0.407 e. The summed E-state index contributed by atoms with van der Waals surface area (Å²) >= 11 is 0. The number of allylic oxidation sites excluding steroid dienone is 3. The van der Waals surface area contributed by atoms with Crippen molar-refractivity contribution in [2.45, 2.75) is 31.9 Å². The van der Waals surface area contributed by atoms with E-state index in [4.69, 9.17) is 4.74 Å². The smallest absolute Gasteiger partial charge is 0.407 e. The fourth-order valence-electron chi connectivity index (χ4n) is 2.04. The van der Waals surface area contributed by atoms with E-state index >= 15 is 0 Å². The van der Waals surface area contributed by atoms with Crippen molar-refractivity contribution in [3.8, 4) is 0 Å². The molecule has 14 heavy (non-hydrogen) atoms. The highest BCUT2D eigenvalue weighted by atomic mass is 16.6. The molecule has 1 aliphatic heterocycles. The first kappa shape index (κ1) is 9.31. The lowest BCUT2D eigenvalue weighted by atomic mass is 9.90. The summed E-state index contributed by atoms with van der Waals surface area (Å²) in [6.45, 7) is 2.06. The number of hydrogen-bond acceptors (Lipinski definition) is 2. The Hall–Kier alpha value is -1.25. The van der Waals surface area contributed by atoms with Gasteiger partial charge in [-0.1, -0.05) is 31.2 Å². The van der Waals surface area contributed by atoms with E-state index in [0.29, 0.717) is 5.92 Å². The number of hydrogen-bond donors (Lipinski definition) is 1. The van der Waals surface area contributed by atoms with Gasteiger partial charge in [0.25, 0.3) is 0 Å². The maximum atomic E-state index is 11.1. The third-order valence-corrected chi connectivity index (χ3v) is 2.82. The summed E-state index contributed by atoms with van der Waals surface area (Å²) in [6, 6.07) is 0.170. The average Bonchev–Trinajstić information content (AvgIpc) is 2.61. The minimum Gasteiger partial charge on any atom is -0.443 e. The van der Waals surface area contributed by atoms with Crippen LogP contribution in [0.4, 0.5) is 4.79 Å². The van der Waals surface area contributed by atoms with Crippen molar-refractivity contribution in [2.75, 3.05) is 0 Å². The molecule has 1 amide bonds. The van der Waals surface area contributed by atoms with Gasteiger partial charge in [-0.3, -0.25) is 0 Å². The summed E-state index contributed by atoms with van der Waals surface area (Å²) < 4.78 is 5.27. The molecule has 0 bridgehead atoms. The standard InChI is InChI=1S/C11H15NO2/c1-2-9-10(14-11(13)12-9)8-6-4-3-5-7-8/h3-6,8-10H,2,7H2,1H3,(H,12,13). The number of amides is 1. The van der Waals surface area contributed by atoms with E-state index in [1.807, 2.05) is 12.2 Å². The van der Waals surface area contributed by atoms with Gasteiger partial charge in [0.15, 0.2) is 0 Å². The Morgan fingerprint density at radius 2 is 2.43 bits per heavy atom. The molecule has 3 heteroatoms. The topological polar surface area (TPSA) is 38.3 Å². The number of carbonyl (C=O) groups is 1. The number of rotatable bonds is 2. The SMILES string of the molecule is CCC1NC(=O)OC1C1C=CC=CC1. The quantitative estimate of drug-likeness (QED) is 0.728. The van der Waals surface area contributed by atoms with Crippen molar-refractivity contribution >= 4 is 6.09 Å². The molecule has 1 aliphatic carbocycles. The highest BCUT2D eigenvalue weighted by molar-refractivity contribution is 5.70. The first-order chi connectivity index (χ1) is 6.81. The van der Waals surface area contributed by atoms with Crippen LogP contribution >= 0.6 is 0 Å². The molecule has 2 rings (SSSR count). The van der Waals surface area contributed by atoms with Crippen LogP contribution in [0, 0.1) is 5.92 Å². The summed E-state index contributed by atoms with van der Waals surface area (Å²) in [7, 11) is 0. The Balaban J connectivity index is 2.05. The monoisotopic (exact) mass is 193 g/mol. The van der Waals surface area contributed by atoms with E-state index in [0.717, 1.165) is 12.8 Å². The van der Waals surface area contributed by atoms with Gasteiger partial charge in [0.05, 0.1) is 6.04 Å². The van der Waals surface area contributed by atoms with E-state index in [2.05, 4.69) is 24.4 Å².